The Labute approximate surface area is 109 Å². The predicted octanol–water partition coefficient (Wildman–Crippen LogP) is -0.547. The van der Waals surface area contributed by atoms with Crippen LogP contribution in [0.2, 0.25) is 5.02 Å². The number of benzene rings is 1. The van der Waals surface area contributed by atoms with Crippen molar-refractivity contribution >= 4 is 11.6 Å². The number of halogens is 1. The van der Waals surface area contributed by atoms with Gasteiger partial charge in [-0.05, 0) is 0 Å². The predicted molar refractivity (Wildman–Crippen MR) is 35.0 cm³/mol. The summed E-state index contributed by atoms with van der Waals surface area (Å²) < 4.78 is 0. The van der Waals surface area contributed by atoms with Gasteiger partial charge in [-0.1, -0.05) is 11.9 Å². The first kappa shape index (κ1) is 10.3. The second-order valence-electron chi connectivity index (χ2n) is 1.68. The minimum Gasteiger partial charge on any atom is -0.171 e. The maximum Gasteiger partial charge on any atom is 1.00 e. The van der Waals surface area contributed by atoms with Crippen molar-refractivity contribution in [3.8, 4) is 0 Å². The summed E-state index contributed by atoms with van der Waals surface area (Å²) >= 11 is 5.59. The van der Waals surface area contributed by atoms with E-state index in [-0.39, 0.29) is 58.2 Å². The van der Waals surface area contributed by atoms with Crippen LogP contribution in [-0.4, -0.2) is 0 Å². The van der Waals surface area contributed by atoms with E-state index in [4.69, 9.17) is 11.6 Å². The maximum absolute atomic E-state index is 5.59. The summed E-state index contributed by atoms with van der Waals surface area (Å²) in [6.07, 6.45) is 0. The summed E-state index contributed by atoms with van der Waals surface area (Å²) in [5.41, 5.74) is 1.08. The van der Waals surface area contributed by atoms with Crippen LogP contribution in [0, 0.1) is 13.0 Å². The Morgan fingerprint density at radius 1 is 1.44 bits per heavy atom. The average molecular weight is 211 g/mol. The SMILES string of the molecule is Cc1[c-]c(Cl)ccc1.[Rb+]. The molecule has 0 spiro atoms. The monoisotopic (exact) mass is 210 g/mol. The third-order valence-corrected chi connectivity index (χ3v) is 1.13. The Balaban J connectivity index is 0.000000640. The van der Waals surface area contributed by atoms with Crippen LogP contribution in [-0.2, 0) is 0 Å². The van der Waals surface area contributed by atoms with E-state index in [0.717, 1.165) is 5.56 Å². The minimum absolute atomic E-state index is 0. The van der Waals surface area contributed by atoms with E-state index in [1.54, 1.807) is 0 Å². The number of aryl methyl sites for hydroxylation is 1. The van der Waals surface area contributed by atoms with Gasteiger partial charge in [0.25, 0.3) is 0 Å². The van der Waals surface area contributed by atoms with Crippen molar-refractivity contribution in [2.24, 2.45) is 0 Å². The molecule has 0 nitrogen and oxygen atoms in total. The van der Waals surface area contributed by atoms with Crippen molar-refractivity contribution in [2.45, 2.75) is 6.92 Å². The normalized spacial score (nSPS) is 8.22. The third kappa shape index (κ3) is 3.89. The zero-order chi connectivity index (χ0) is 5.98. The Hall–Kier alpha value is 1.32. The van der Waals surface area contributed by atoms with Crippen molar-refractivity contribution in [1.29, 1.82) is 0 Å². The van der Waals surface area contributed by atoms with Gasteiger partial charge in [0, 0.05) is 0 Å². The van der Waals surface area contributed by atoms with E-state index in [1.165, 1.54) is 0 Å². The second kappa shape index (κ2) is 5.03. The molecule has 0 N–H and O–H groups in total. The van der Waals surface area contributed by atoms with E-state index in [1.807, 2.05) is 25.1 Å². The van der Waals surface area contributed by atoms with Gasteiger partial charge in [0.05, 0.1) is 0 Å². The fraction of sp³-hybridized carbons (Fsp3) is 0.143. The number of rotatable bonds is 0. The van der Waals surface area contributed by atoms with Crippen molar-refractivity contribution in [2.75, 3.05) is 0 Å². The van der Waals surface area contributed by atoms with Gasteiger partial charge in [0.2, 0.25) is 0 Å². The molecule has 0 fully saturated rings. The van der Waals surface area contributed by atoms with Gasteiger partial charge in [-0.15, -0.1) is 11.6 Å². The zero-order valence-electron chi connectivity index (χ0n) is 5.61. The fourth-order valence-corrected chi connectivity index (χ4v) is 0.770. The molecule has 0 unspecified atom stereocenters. The second-order valence-corrected chi connectivity index (χ2v) is 2.09. The van der Waals surface area contributed by atoms with Crippen LogP contribution in [0.15, 0.2) is 18.2 Å². The van der Waals surface area contributed by atoms with E-state index in [2.05, 4.69) is 6.07 Å². The molecule has 1 rings (SSSR count). The quantitative estimate of drug-likeness (QED) is 0.505. The van der Waals surface area contributed by atoms with E-state index in [9.17, 15) is 0 Å². The molecule has 0 atom stereocenters. The molecule has 0 aromatic heterocycles. The Kier molecular flexibility index (Phi) is 5.77. The molecular formula is C7H6ClRb. The van der Waals surface area contributed by atoms with E-state index >= 15 is 0 Å². The van der Waals surface area contributed by atoms with Gasteiger partial charge in [-0.25, -0.2) is 0 Å². The average Bonchev–Trinajstić information content (AvgIpc) is 1.64. The molecule has 0 saturated heterocycles. The summed E-state index contributed by atoms with van der Waals surface area (Å²) in [6, 6.07) is 8.62. The van der Waals surface area contributed by atoms with Gasteiger partial charge in [0.15, 0.2) is 0 Å². The molecule has 0 heterocycles. The molecule has 0 aliphatic heterocycles. The van der Waals surface area contributed by atoms with Crippen molar-refractivity contribution < 1.29 is 58.2 Å². The minimum atomic E-state index is 0. The molecule has 0 saturated carbocycles. The summed E-state index contributed by atoms with van der Waals surface area (Å²) in [4.78, 5) is 0. The molecule has 42 valence electrons. The van der Waals surface area contributed by atoms with Crippen LogP contribution in [0.25, 0.3) is 0 Å². The van der Waals surface area contributed by atoms with Crippen LogP contribution in [0.3, 0.4) is 0 Å². The molecule has 0 amide bonds. The Bertz CT molecular complexity index is 169. The van der Waals surface area contributed by atoms with Crippen LogP contribution >= 0.6 is 11.6 Å². The van der Waals surface area contributed by atoms with Gasteiger partial charge in [-0.3, -0.25) is 0 Å². The molecule has 2 heteroatoms. The Morgan fingerprint density at radius 2 is 2.11 bits per heavy atom. The first-order valence-electron chi connectivity index (χ1n) is 2.43. The van der Waals surface area contributed by atoms with Crippen LogP contribution in [0.1, 0.15) is 5.56 Å². The number of hydrogen-bond donors (Lipinski definition) is 0. The van der Waals surface area contributed by atoms with Crippen molar-refractivity contribution in [3.05, 3.63) is 34.9 Å². The molecule has 0 aliphatic carbocycles. The van der Waals surface area contributed by atoms with Crippen LogP contribution in [0.5, 0.6) is 0 Å². The van der Waals surface area contributed by atoms with Crippen molar-refractivity contribution in [1.82, 2.24) is 0 Å². The number of hydrogen-bond acceptors (Lipinski definition) is 0. The molecule has 1 aromatic rings. The third-order valence-electron chi connectivity index (χ3n) is 0.905. The standard InChI is InChI=1S/C7H6Cl.Rb/c1-6-3-2-4-7(8)5-6;/h2-4H,1H3;/q-1;+1. The summed E-state index contributed by atoms with van der Waals surface area (Å²) in [7, 11) is 0. The van der Waals surface area contributed by atoms with Crippen LogP contribution in [0.4, 0.5) is 0 Å². The molecule has 0 radical (unpaired) electrons. The molecule has 0 bridgehead atoms. The maximum atomic E-state index is 5.59. The Morgan fingerprint density at radius 3 is 2.44 bits per heavy atom. The largest absolute Gasteiger partial charge is 1.00 e. The topological polar surface area (TPSA) is 0 Å². The van der Waals surface area contributed by atoms with Gasteiger partial charge in [0.1, 0.15) is 0 Å². The first-order chi connectivity index (χ1) is 3.79. The van der Waals surface area contributed by atoms with Gasteiger partial charge in [-0.2, -0.15) is 29.8 Å². The summed E-state index contributed by atoms with van der Waals surface area (Å²) in [5.74, 6) is 0. The first-order valence-corrected chi connectivity index (χ1v) is 2.81. The summed E-state index contributed by atoms with van der Waals surface area (Å²) in [5, 5.41) is 0.685. The smallest absolute Gasteiger partial charge is 0.171 e. The van der Waals surface area contributed by atoms with E-state index < -0.39 is 0 Å². The van der Waals surface area contributed by atoms with Crippen molar-refractivity contribution in [3.63, 3.8) is 0 Å². The molecule has 0 aliphatic rings. The molecular weight excluding hydrogens is 205 g/mol. The van der Waals surface area contributed by atoms with Gasteiger partial charge < -0.3 is 0 Å². The molecule has 1 aromatic carbocycles. The zero-order valence-corrected chi connectivity index (χ0v) is 11.3. The molecule has 9 heavy (non-hydrogen) atoms. The van der Waals surface area contributed by atoms with E-state index in [0.29, 0.717) is 5.02 Å². The fourth-order valence-electron chi connectivity index (χ4n) is 0.549. The van der Waals surface area contributed by atoms with Crippen LogP contribution < -0.4 is 58.2 Å². The summed E-state index contributed by atoms with van der Waals surface area (Å²) in [6.45, 7) is 1.96. The van der Waals surface area contributed by atoms with Gasteiger partial charge >= 0.3 is 58.2 Å².